The minimum atomic E-state index is -0.0205. The van der Waals surface area contributed by atoms with Gasteiger partial charge in [0.05, 0.1) is 19.3 Å². The van der Waals surface area contributed by atoms with Gasteiger partial charge in [-0.3, -0.25) is 4.90 Å². The predicted molar refractivity (Wildman–Crippen MR) is 53.0 cm³/mol. The number of aliphatic hydroxyl groups excluding tert-OH is 1. The summed E-state index contributed by atoms with van der Waals surface area (Å²) in [6.45, 7) is 3.89. The summed E-state index contributed by atoms with van der Waals surface area (Å²) < 4.78 is 5.36. The highest BCUT2D eigenvalue weighted by atomic mass is 16.5. The topological polar surface area (TPSA) is 32.7 Å². The average Bonchev–Trinajstić information content (AvgIpc) is 2.16. The first kappa shape index (κ1) is 9.13. The molecular weight excluding hydrogens is 178 g/mol. The van der Waals surface area contributed by atoms with Gasteiger partial charge in [-0.1, -0.05) is 0 Å². The molecule has 3 aliphatic carbocycles. The van der Waals surface area contributed by atoms with E-state index in [0.29, 0.717) is 12.0 Å². The van der Waals surface area contributed by atoms with E-state index >= 15 is 0 Å². The predicted octanol–water partition coefficient (Wildman–Crippen LogP) is 0.478. The fourth-order valence-electron chi connectivity index (χ4n) is 3.33. The Bertz CT molecular complexity index is 209. The quantitative estimate of drug-likeness (QED) is 0.663. The van der Waals surface area contributed by atoms with Gasteiger partial charge in [0.2, 0.25) is 0 Å². The summed E-state index contributed by atoms with van der Waals surface area (Å²) in [4.78, 5) is 2.53. The molecule has 0 aromatic rings. The molecule has 0 aromatic carbocycles. The molecule has 0 aromatic heterocycles. The van der Waals surface area contributed by atoms with E-state index in [2.05, 4.69) is 4.90 Å². The highest BCUT2D eigenvalue weighted by Crippen LogP contribution is 2.47. The van der Waals surface area contributed by atoms with Crippen molar-refractivity contribution in [3.05, 3.63) is 0 Å². The molecule has 3 saturated carbocycles. The van der Waals surface area contributed by atoms with Crippen molar-refractivity contribution >= 4 is 0 Å². The molecule has 80 valence electrons. The highest BCUT2D eigenvalue weighted by Gasteiger charge is 2.47. The van der Waals surface area contributed by atoms with Crippen LogP contribution in [-0.4, -0.2) is 48.5 Å². The maximum atomic E-state index is 9.86. The molecular formula is C11H19NO2. The van der Waals surface area contributed by atoms with Crippen LogP contribution >= 0.6 is 0 Å². The van der Waals surface area contributed by atoms with Crippen LogP contribution in [0.2, 0.25) is 0 Å². The summed E-state index contributed by atoms with van der Waals surface area (Å²) in [5.41, 5.74) is 0. The maximum absolute atomic E-state index is 9.86. The van der Waals surface area contributed by atoms with E-state index in [9.17, 15) is 5.11 Å². The van der Waals surface area contributed by atoms with Crippen LogP contribution in [0.3, 0.4) is 0 Å². The summed E-state index contributed by atoms with van der Waals surface area (Å²) in [5.74, 6) is 1.51. The van der Waals surface area contributed by atoms with Gasteiger partial charge < -0.3 is 9.84 Å². The second-order valence-electron chi connectivity index (χ2n) is 5.01. The number of hydrogen-bond acceptors (Lipinski definition) is 3. The molecule has 0 radical (unpaired) electrons. The van der Waals surface area contributed by atoms with E-state index in [0.717, 1.165) is 38.6 Å². The minimum absolute atomic E-state index is 0.0205. The van der Waals surface area contributed by atoms with Gasteiger partial charge in [0.25, 0.3) is 0 Å². The van der Waals surface area contributed by atoms with Gasteiger partial charge in [0, 0.05) is 19.1 Å². The molecule has 0 unspecified atom stereocenters. The molecule has 3 heteroatoms. The van der Waals surface area contributed by atoms with Crippen molar-refractivity contribution in [3.63, 3.8) is 0 Å². The summed E-state index contributed by atoms with van der Waals surface area (Å²) in [6.07, 6.45) is 3.52. The summed E-state index contributed by atoms with van der Waals surface area (Å²) in [5, 5.41) is 9.86. The van der Waals surface area contributed by atoms with Gasteiger partial charge in [-0.25, -0.2) is 0 Å². The number of nitrogens with zero attached hydrogens (tertiary/aromatic N) is 1. The first-order valence-corrected chi connectivity index (χ1v) is 5.84. The molecule has 0 amide bonds. The summed E-state index contributed by atoms with van der Waals surface area (Å²) in [6, 6.07) is 0.652. The molecule has 4 fully saturated rings. The first-order chi connectivity index (χ1) is 6.84. The van der Waals surface area contributed by atoms with Crippen LogP contribution in [0.25, 0.3) is 0 Å². The number of rotatable bonds is 1. The van der Waals surface area contributed by atoms with Gasteiger partial charge in [-0.05, 0) is 31.1 Å². The van der Waals surface area contributed by atoms with Gasteiger partial charge in [-0.15, -0.1) is 0 Å². The molecule has 3 nitrogen and oxygen atoms in total. The molecule has 14 heavy (non-hydrogen) atoms. The van der Waals surface area contributed by atoms with Crippen molar-refractivity contribution in [1.82, 2.24) is 4.90 Å². The number of fused-ring (bicyclic) bond motifs is 2. The van der Waals surface area contributed by atoms with Crippen molar-refractivity contribution in [2.45, 2.75) is 31.4 Å². The SMILES string of the molecule is O[C@@H]1C[C@H](N2CCOCC2)C2CC1C2. The lowest BCUT2D eigenvalue weighted by Gasteiger charge is -2.53. The summed E-state index contributed by atoms with van der Waals surface area (Å²) >= 11 is 0. The van der Waals surface area contributed by atoms with Crippen LogP contribution in [0.15, 0.2) is 0 Å². The highest BCUT2D eigenvalue weighted by molar-refractivity contribution is 4.99. The number of hydrogen-bond donors (Lipinski definition) is 1. The molecule has 2 bridgehead atoms. The number of ether oxygens (including phenoxy) is 1. The fourth-order valence-corrected chi connectivity index (χ4v) is 3.33. The Morgan fingerprint density at radius 2 is 1.71 bits per heavy atom. The number of morpholine rings is 1. The van der Waals surface area contributed by atoms with Crippen LogP contribution in [0.5, 0.6) is 0 Å². The van der Waals surface area contributed by atoms with Crippen molar-refractivity contribution < 1.29 is 9.84 Å². The summed E-state index contributed by atoms with van der Waals surface area (Å²) in [7, 11) is 0. The second-order valence-corrected chi connectivity index (χ2v) is 5.01. The van der Waals surface area contributed by atoms with Crippen molar-refractivity contribution in [2.75, 3.05) is 26.3 Å². The molecule has 2 atom stereocenters. The molecule has 0 spiro atoms. The normalized spacial score (nSPS) is 48.6. The Labute approximate surface area is 85.0 Å². The van der Waals surface area contributed by atoms with E-state index in [1.807, 2.05) is 0 Å². The lowest BCUT2D eigenvalue weighted by atomic mass is 9.61. The Morgan fingerprint density at radius 3 is 2.36 bits per heavy atom. The van der Waals surface area contributed by atoms with E-state index in [4.69, 9.17) is 4.74 Å². The van der Waals surface area contributed by atoms with Crippen LogP contribution in [0.4, 0.5) is 0 Å². The van der Waals surface area contributed by atoms with E-state index < -0.39 is 0 Å². The van der Waals surface area contributed by atoms with E-state index in [1.54, 1.807) is 0 Å². The number of aliphatic hydroxyl groups is 1. The molecule has 1 saturated heterocycles. The third-order valence-corrected chi connectivity index (χ3v) is 4.30. The fraction of sp³-hybridized carbons (Fsp3) is 1.00. The molecule has 4 rings (SSSR count). The third-order valence-electron chi connectivity index (χ3n) is 4.30. The smallest absolute Gasteiger partial charge is 0.0594 e. The zero-order chi connectivity index (χ0) is 9.54. The van der Waals surface area contributed by atoms with Crippen molar-refractivity contribution in [2.24, 2.45) is 11.8 Å². The van der Waals surface area contributed by atoms with Gasteiger partial charge in [0.1, 0.15) is 0 Å². The standard InChI is InChI=1S/C11H19NO2/c13-11-7-10(8-5-9(11)6-8)12-1-3-14-4-2-12/h8-11,13H,1-7H2/t8?,9?,10-,11+/m0/s1. The van der Waals surface area contributed by atoms with Crippen molar-refractivity contribution in [3.8, 4) is 0 Å². The Morgan fingerprint density at radius 1 is 1.00 bits per heavy atom. The van der Waals surface area contributed by atoms with Gasteiger partial charge >= 0.3 is 0 Å². The zero-order valence-corrected chi connectivity index (χ0v) is 8.56. The monoisotopic (exact) mass is 197 g/mol. The third kappa shape index (κ3) is 1.38. The largest absolute Gasteiger partial charge is 0.393 e. The van der Waals surface area contributed by atoms with Crippen LogP contribution in [-0.2, 0) is 4.74 Å². The van der Waals surface area contributed by atoms with E-state index in [-0.39, 0.29) is 6.10 Å². The molecule has 1 heterocycles. The first-order valence-electron chi connectivity index (χ1n) is 5.84. The Balaban J connectivity index is 1.65. The van der Waals surface area contributed by atoms with Gasteiger partial charge in [-0.2, -0.15) is 0 Å². The van der Waals surface area contributed by atoms with Gasteiger partial charge in [0.15, 0.2) is 0 Å². The molecule has 1 N–H and O–H groups in total. The van der Waals surface area contributed by atoms with Crippen LogP contribution in [0, 0.1) is 11.8 Å². The maximum Gasteiger partial charge on any atom is 0.0594 e. The Hall–Kier alpha value is -0.120. The molecule has 1 aliphatic heterocycles. The minimum Gasteiger partial charge on any atom is -0.393 e. The van der Waals surface area contributed by atoms with Crippen LogP contribution < -0.4 is 0 Å². The van der Waals surface area contributed by atoms with E-state index in [1.165, 1.54) is 12.8 Å². The second kappa shape index (κ2) is 3.47. The lowest BCUT2D eigenvalue weighted by Crippen LogP contribution is -2.57. The Kier molecular flexibility index (Phi) is 2.26. The van der Waals surface area contributed by atoms with Crippen molar-refractivity contribution in [1.29, 1.82) is 0 Å². The van der Waals surface area contributed by atoms with Crippen LogP contribution in [0.1, 0.15) is 19.3 Å². The average molecular weight is 197 g/mol. The lowest BCUT2D eigenvalue weighted by molar-refractivity contribution is -0.102. The molecule has 4 aliphatic rings. The zero-order valence-electron chi connectivity index (χ0n) is 8.56.